The van der Waals surface area contributed by atoms with Gasteiger partial charge in [-0.25, -0.2) is 9.97 Å². The Morgan fingerprint density at radius 2 is 2.00 bits per heavy atom. The molecule has 0 atom stereocenters. The highest BCUT2D eigenvalue weighted by molar-refractivity contribution is 5.91. The third kappa shape index (κ3) is 5.52. The molecule has 2 aromatic heterocycles. The Bertz CT molecular complexity index is 960. The molecule has 3 aromatic rings. The first-order valence-electron chi connectivity index (χ1n) is 9.26. The van der Waals surface area contributed by atoms with Crippen LogP contribution in [-0.4, -0.2) is 48.3 Å². The molecule has 3 rings (SSSR count). The largest absolute Gasteiger partial charge is 0.497 e. The number of pyridine rings is 2. The number of anilines is 2. The molecular formula is C22H24N4O3. The number of benzene rings is 1. The average molecular weight is 392 g/mol. The number of hydrogen-bond donors (Lipinski definition) is 2. The monoisotopic (exact) mass is 392 g/mol. The van der Waals surface area contributed by atoms with Gasteiger partial charge in [0.25, 0.3) is 0 Å². The van der Waals surface area contributed by atoms with Gasteiger partial charge in [-0.3, -0.25) is 4.79 Å². The first-order valence-corrected chi connectivity index (χ1v) is 9.26. The molecule has 0 aliphatic carbocycles. The fraction of sp³-hybridized carbons (Fsp3) is 0.227. The molecule has 2 heterocycles. The predicted molar refractivity (Wildman–Crippen MR) is 113 cm³/mol. The molecule has 0 aliphatic heterocycles. The van der Waals surface area contributed by atoms with Crippen molar-refractivity contribution >= 4 is 17.5 Å². The Hall–Kier alpha value is -3.45. The molecule has 0 saturated carbocycles. The molecule has 0 spiro atoms. The molecule has 7 heteroatoms. The smallest absolute Gasteiger partial charge is 0.229 e. The number of carbonyl (C=O) groups excluding carboxylic acids is 1. The number of nitrogens with one attached hydrogen (secondary N) is 1. The summed E-state index contributed by atoms with van der Waals surface area (Å²) >= 11 is 0. The van der Waals surface area contributed by atoms with E-state index in [1.165, 1.54) is 0 Å². The van der Waals surface area contributed by atoms with Crippen LogP contribution < -0.4 is 15.0 Å². The van der Waals surface area contributed by atoms with E-state index in [4.69, 9.17) is 9.84 Å². The number of aliphatic hydroxyl groups excluding tert-OH is 1. The van der Waals surface area contributed by atoms with Gasteiger partial charge in [-0.05, 0) is 47.5 Å². The molecule has 1 aromatic carbocycles. The molecule has 2 N–H and O–H groups in total. The van der Waals surface area contributed by atoms with E-state index >= 15 is 0 Å². The molecule has 7 nitrogen and oxygen atoms in total. The van der Waals surface area contributed by atoms with Crippen molar-refractivity contribution in [2.24, 2.45) is 0 Å². The highest BCUT2D eigenvalue weighted by atomic mass is 16.5. The van der Waals surface area contributed by atoms with Crippen molar-refractivity contribution in [3.8, 4) is 16.9 Å². The lowest BCUT2D eigenvalue weighted by Gasteiger charge is -2.17. The minimum atomic E-state index is -0.143. The van der Waals surface area contributed by atoms with Gasteiger partial charge < -0.3 is 20.1 Å². The number of hydrogen-bond acceptors (Lipinski definition) is 6. The minimum Gasteiger partial charge on any atom is -0.497 e. The van der Waals surface area contributed by atoms with Gasteiger partial charge in [0.1, 0.15) is 17.4 Å². The average Bonchev–Trinajstić information content (AvgIpc) is 2.74. The third-order valence-corrected chi connectivity index (χ3v) is 4.44. The van der Waals surface area contributed by atoms with Gasteiger partial charge >= 0.3 is 0 Å². The molecule has 0 bridgehead atoms. The van der Waals surface area contributed by atoms with E-state index in [0.29, 0.717) is 12.4 Å². The summed E-state index contributed by atoms with van der Waals surface area (Å²) in [6.45, 7) is 0.571. The van der Waals surface area contributed by atoms with Crippen LogP contribution in [0.4, 0.5) is 11.6 Å². The summed E-state index contributed by atoms with van der Waals surface area (Å²) in [6, 6.07) is 14.9. The summed E-state index contributed by atoms with van der Waals surface area (Å²) in [6.07, 6.45) is 3.68. The summed E-state index contributed by atoms with van der Waals surface area (Å²) < 4.78 is 5.18. The van der Waals surface area contributed by atoms with E-state index in [-0.39, 0.29) is 18.9 Å². The summed E-state index contributed by atoms with van der Waals surface area (Å²) in [4.78, 5) is 22.8. The molecule has 150 valence electrons. The highest BCUT2D eigenvalue weighted by Gasteiger charge is 2.08. The van der Waals surface area contributed by atoms with Crippen molar-refractivity contribution in [2.75, 3.05) is 37.5 Å². The second-order valence-electron chi connectivity index (χ2n) is 6.56. The van der Waals surface area contributed by atoms with E-state index in [2.05, 4.69) is 15.3 Å². The lowest BCUT2D eigenvalue weighted by atomic mass is 10.1. The number of carbonyl (C=O) groups is 1. The van der Waals surface area contributed by atoms with Gasteiger partial charge in [0.05, 0.1) is 20.1 Å². The Kier molecular flexibility index (Phi) is 6.76. The molecular weight excluding hydrogens is 368 g/mol. The zero-order valence-corrected chi connectivity index (χ0v) is 16.5. The topological polar surface area (TPSA) is 87.6 Å². The van der Waals surface area contributed by atoms with Crippen LogP contribution >= 0.6 is 0 Å². The molecule has 0 saturated heterocycles. The van der Waals surface area contributed by atoms with Crippen molar-refractivity contribution in [1.29, 1.82) is 0 Å². The van der Waals surface area contributed by atoms with Gasteiger partial charge in [0, 0.05) is 31.5 Å². The van der Waals surface area contributed by atoms with Gasteiger partial charge in [0.2, 0.25) is 5.91 Å². The molecule has 29 heavy (non-hydrogen) atoms. The maximum absolute atomic E-state index is 12.3. The van der Waals surface area contributed by atoms with E-state index in [9.17, 15) is 4.79 Å². The number of nitrogens with zero attached hydrogens (tertiary/aromatic N) is 3. The van der Waals surface area contributed by atoms with Crippen LogP contribution in [0.5, 0.6) is 5.75 Å². The zero-order valence-electron chi connectivity index (χ0n) is 16.5. The summed E-state index contributed by atoms with van der Waals surface area (Å²) in [7, 11) is 3.47. The normalized spacial score (nSPS) is 10.4. The van der Waals surface area contributed by atoms with Gasteiger partial charge in [-0.15, -0.1) is 0 Å². The number of likely N-dealkylation sites (N-methyl/N-ethyl adjacent to an activating group) is 1. The predicted octanol–water partition coefficient (Wildman–Crippen LogP) is 2.76. The number of ether oxygens (including phenoxy) is 1. The van der Waals surface area contributed by atoms with E-state index in [1.54, 1.807) is 25.6 Å². The minimum absolute atomic E-state index is 0.0636. The standard InChI is InChI=1S/C22H24N4O3/c1-26(10-11-27)21-14-17(8-9-23-21)18-6-7-20(24-15-18)25-22(28)13-16-4-3-5-19(12-16)29-2/h3-9,12,14-15,27H,10-11,13H2,1-2H3,(H,24,25,28). The number of aliphatic hydroxyl groups is 1. The van der Waals surface area contributed by atoms with E-state index < -0.39 is 0 Å². The van der Waals surface area contributed by atoms with Gasteiger partial charge in [-0.2, -0.15) is 0 Å². The third-order valence-electron chi connectivity index (χ3n) is 4.44. The SMILES string of the molecule is COc1cccc(CC(=O)Nc2ccc(-c3ccnc(N(C)CCO)c3)cn2)c1. The molecule has 0 fully saturated rings. The second kappa shape index (κ2) is 9.66. The van der Waals surface area contributed by atoms with Crippen LogP contribution in [0.15, 0.2) is 60.9 Å². The maximum Gasteiger partial charge on any atom is 0.229 e. The summed E-state index contributed by atoms with van der Waals surface area (Å²) in [5, 5.41) is 11.9. The molecule has 0 radical (unpaired) electrons. The number of aromatic nitrogens is 2. The maximum atomic E-state index is 12.3. The Balaban J connectivity index is 1.65. The molecule has 0 aliphatic rings. The van der Waals surface area contributed by atoms with Crippen LogP contribution in [0, 0.1) is 0 Å². The van der Waals surface area contributed by atoms with Crippen LogP contribution in [0.3, 0.4) is 0 Å². The fourth-order valence-corrected chi connectivity index (χ4v) is 2.86. The highest BCUT2D eigenvalue weighted by Crippen LogP contribution is 2.23. The zero-order chi connectivity index (χ0) is 20.6. The number of methoxy groups -OCH3 is 1. The van der Waals surface area contributed by atoms with Crippen molar-refractivity contribution in [2.45, 2.75) is 6.42 Å². The Labute approximate surface area is 170 Å². The van der Waals surface area contributed by atoms with Crippen LogP contribution in [-0.2, 0) is 11.2 Å². The quantitative estimate of drug-likeness (QED) is 0.613. The van der Waals surface area contributed by atoms with Crippen molar-refractivity contribution in [3.05, 3.63) is 66.5 Å². The van der Waals surface area contributed by atoms with Crippen molar-refractivity contribution < 1.29 is 14.6 Å². The van der Waals surface area contributed by atoms with Crippen LogP contribution in [0.1, 0.15) is 5.56 Å². The Morgan fingerprint density at radius 1 is 1.14 bits per heavy atom. The van der Waals surface area contributed by atoms with Crippen LogP contribution in [0.25, 0.3) is 11.1 Å². The Morgan fingerprint density at radius 3 is 2.72 bits per heavy atom. The first-order chi connectivity index (χ1) is 14.1. The van der Waals surface area contributed by atoms with Crippen molar-refractivity contribution in [1.82, 2.24) is 9.97 Å². The second-order valence-corrected chi connectivity index (χ2v) is 6.56. The fourth-order valence-electron chi connectivity index (χ4n) is 2.86. The van der Waals surface area contributed by atoms with E-state index in [0.717, 1.165) is 28.3 Å². The number of rotatable bonds is 8. The van der Waals surface area contributed by atoms with Crippen molar-refractivity contribution in [3.63, 3.8) is 0 Å². The number of amides is 1. The summed E-state index contributed by atoms with van der Waals surface area (Å²) in [5.74, 6) is 1.84. The van der Waals surface area contributed by atoms with Gasteiger partial charge in [0.15, 0.2) is 0 Å². The first kappa shape index (κ1) is 20.3. The van der Waals surface area contributed by atoms with Crippen LogP contribution in [0.2, 0.25) is 0 Å². The van der Waals surface area contributed by atoms with E-state index in [1.807, 2.05) is 54.4 Å². The lowest BCUT2D eigenvalue weighted by molar-refractivity contribution is -0.115. The molecule has 0 unspecified atom stereocenters. The van der Waals surface area contributed by atoms with Gasteiger partial charge in [-0.1, -0.05) is 12.1 Å². The lowest BCUT2D eigenvalue weighted by Crippen LogP contribution is -2.22. The summed E-state index contributed by atoms with van der Waals surface area (Å²) in [5.41, 5.74) is 2.74. The molecule has 1 amide bonds.